The molecular formula is C14H21N3O3. The van der Waals surface area contributed by atoms with Gasteiger partial charge in [-0.25, -0.2) is 0 Å². The maximum atomic E-state index is 12.0. The molecule has 1 aliphatic heterocycles. The van der Waals surface area contributed by atoms with Gasteiger partial charge in [0.05, 0.1) is 11.6 Å². The van der Waals surface area contributed by atoms with Gasteiger partial charge in [0.2, 0.25) is 5.91 Å². The molecule has 0 saturated carbocycles. The van der Waals surface area contributed by atoms with Gasteiger partial charge in [0.1, 0.15) is 0 Å². The van der Waals surface area contributed by atoms with Crippen molar-refractivity contribution < 1.29 is 14.7 Å². The van der Waals surface area contributed by atoms with Crippen molar-refractivity contribution in [2.24, 2.45) is 11.8 Å². The van der Waals surface area contributed by atoms with Gasteiger partial charge >= 0.3 is 5.97 Å². The zero-order valence-corrected chi connectivity index (χ0v) is 12.2. The summed E-state index contributed by atoms with van der Waals surface area (Å²) in [5, 5.41) is 13.2. The van der Waals surface area contributed by atoms with E-state index in [1.165, 1.54) is 0 Å². The zero-order chi connectivity index (χ0) is 14.9. The molecule has 1 atom stereocenters. The van der Waals surface area contributed by atoms with Gasteiger partial charge in [-0.05, 0) is 19.9 Å². The molecule has 0 aromatic carbocycles. The number of carbonyl (C=O) groups is 2. The number of hydrogen-bond donors (Lipinski definition) is 1. The molecule has 6 nitrogen and oxygen atoms in total. The Kier molecular flexibility index (Phi) is 4.11. The largest absolute Gasteiger partial charge is 0.481 e. The molecule has 1 N–H and O–H groups in total. The standard InChI is InChI=1S/C14H21N3O3/c1-9-6-10(2)17(15-9)5-4-13(18)16-7-12(8-16)11(3)14(19)20/h6,11-12H,4-5,7-8H2,1-3H3,(H,19,20). The Morgan fingerprint density at radius 1 is 1.45 bits per heavy atom. The first-order chi connectivity index (χ1) is 9.38. The summed E-state index contributed by atoms with van der Waals surface area (Å²) in [6, 6.07) is 1.98. The fourth-order valence-corrected chi connectivity index (χ4v) is 2.50. The van der Waals surface area contributed by atoms with Crippen LogP contribution in [0.3, 0.4) is 0 Å². The average molecular weight is 279 g/mol. The molecule has 2 heterocycles. The Balaban J connectivity index is 1.78. The molecule has 20 heavy (non-hydrogen) atoms. The van der Waals surface area contributed by atoms with Gasteiger partial charge in [-0.3, -0.25) is 14.3 Å². The van der Waals surface area contributed by atoms with Gasteiger partial charge in [-0.15, -0.1) is 0 Å². The fourth-order valence-electron chi connectivity index (χ4n) is 2.50. The summed E-state index contributed by atoms with van der Waals surface area (Å²) in [4.78, 5) is 24.6. The summed E-state index contributed by atoms with van der Waals surface area (Å²) in [5.74, 6) is -1.00. The van der Waals surface area contributed by atoms with Crippen molar-refractivity contribution in [2.75, 3.05) is 13.1 Å². The van der Waals surface area contributed by atoms with E-state index in [2.05, 4.69) is 5.10 Å². The fraction of sp³-hybridized carbons (Fsp3) is 0.643. The number of aryl methyl sites for hydroxylation is 3. The Labute approximate surface area is 118 Å². The number of aromatic nitrogens is 2. The summed E-state index contributed by atoms with van der Waals surface area (Å²) in [5.41, 5.74) is 2.01. The minimum absolute atomic E-state index is 0.0754. The van der Waals surface area contributed by atoms with E-state index < -0.39 is 5.97 Å². The predicted molar refractivity (Wildman–Crippen MR) is 73.2 cm³/mol. The SMILES string of the molecule is Cc1cc(C)n(CCC(=O)N2CC(C(C)C(=O)O)C2)n1. The molecule has 0 aliphatic carbocycles. The van der Waals surface area contributed by atoms with Crippen LogP contribution in [0.1, 0.15) is 24.7 Å². The van der Waals surface area contributed by atoms with Crippen LogP contribution in [0.2, 0.25) is 0 Å². The molecule has 1 fully saturated rings. The molecule has 1 aliphatic rings. The van der Waals surface area contributed by atoms with E-state index in [1.807, 2.05) is 24.6 Å². The number of carbonyl (C=O) groups excluding carboxylic acids is 1. The highest BCUT2D eigenvalue weighted by Crippen LogP contribution is 2.24. The van der Waals surface area contributed by atoms with Crippen molar-refractivity contribution in [1.29, 1.82) is 0 Å². The van der Waals surface area contributed by atoms with Crippen LogP contribution in [0.15, 0.2) is 6.07 Å². The smallest absolute Gasteiger partial charge is 0.306 e. The van der Waals surface area contributed by atoms with E-state index in [0.717, 1.165) is 11.4 Å². The van der Waals surface area contributed by atoms with Gasteiger partial charge in [-0.1, -0.05) is 6.92 Å². The number of amides is 1. The van der Waals surface area contributed by atoms with Crippen LogP contribution in [0.4, 0.5) is 0 Å². The first kappa shape index (κ1) is 14.6. The molecule has 110 valence electrons. The normalized spacial score (nSPS) is 16.9. The van der Waals surface area contributed by atoms with E-state index >= 15 is 0 Å². The first-order valence-corrected chi connectivity index (χ1v) is 6.90. The van der Waals surface area contributed by atoms with Crippen LogP contribution < -0.4 is 0 Å². The number of rotatable bonds is 5. The lowest BCUT2D eigenvalue weighted by Crippen LogP contribution is -2.53. The molecule has 1 aromatic heterocycles. The van der Waals surface area contributed by atoms with Crippen LogP contribution >= 0.6 is 0 Å². The van der Waals surface area contributed by atoms with Crippen molar-refractivity contribution in [1.82, 2.24) is 14.7 Å². The van der Waals surface area contributed by atoms with E-state index in [-0.39, 0.29) is 17.7 Å². The molecule has 2 rings (SSSR count). The van der Waals surface area contributed by atoms with E-state index in [0.29, 0.717) is 26.1 Å². The third kappa shape index (κ3) is 3.00. The third-order valence-corrected chi connectivity index (χ3v) is 4.00. The molecule has 0 bridgehead atoms. The molecule has 1 aromatic rings. The Morgan fingerprint density at radius 3 is 2.60 bits per heavy atom. The van der Waals surface area contributed by atoms with Crippen molar-refractivity contribution >= 4 is 11.9 Å². The second-order valence-corrected chi connectivity index (χ2v) is 5.59. The highest BCUT2D eigenvalue weighted by Gasteiger charge is 2.36. The second kappa shape index (κ2) is 5.64. The second-order valence-electron chi connectivity index (χ2n) is 5.59. The number of nitrogens with zero attached hydrogens (tertiary/aromatic N) is 3. The summed E-state index contributed by atoms with van der Waals surface area (Å²) >= 11 is 0. The van der Waals surface area contributed by atoms with Gasteiger partial charge in [0.15, 0.2) is 0 Å². The maximum absolute atomic E-state index is 12.0. The molecule has 0 radical (unpaired) electrons. The first-order valence-electron chi connectivity index (χ1n) is 6.90. The minimum Gasteiger partial charge on any atom is -0.481 e. The predicted octanol–water partition coefficient (Wildman–Crippen LogP) is 1.07. The summed E-state index contributed by atoms with van der Waals surface area (Å²) in [6.07, 6.45) is 0.413. The Hall–Kier alpha value is -1.85. The highest BCUT2D eigenvalue weighted by atomic mass is 16.4. The van der Waals surface area contributed by atoms with Gasteiger partial charge in [0, 0.05) is 37.7 Å². The third-order valence-electron chi connectivity index (χ3n) is 4.00. The lowest BCUT2D eigenvalue weighted by Gasteiger charge is -2.41. The van der Waals surface area contributed by atoms with Gasteiger partial charge in [0.25, 0.3) is 0 Å². The van der Waals surface area contributed by atoms with Crippen LogP contribution in [0.5, 0.6) is 0 Å². The Bertz CT molecular complexity index is 518. The van der Waals surface area contributed by atoms with Crippen LogP contribution in [0, 0.1) is 25.7 Å². The van der Waals surface area contributed by atoms with Crippen molar-refractivity contribution in [3.63, 3.8) is 0 Å². The summed E-state index contributed by atoms with van der Waals surface area (Å²) in [7, 11) is 0. The van der Waals surface area contributed by atoms with Crippen molar-refractivity contribution in [3.8, 4) is 0 Å². The van der Waals surface area contributed by atoms with Crippen LogP contribution in [-0.4, -0.2) is 44.8 Å². The van der Waals surface area contributed by atoms with Gasteiger partial charge < -0.3 is 10.0 Å². The van der Waals surface area contributed by atoms with E-state index in [4.69, 9.17) is 5.11 Å². The van der Waals surface area contributed by atoms with Crippen LogP contribution in [-0.2, 0) is 16.1 Å². The molecule has 1 saturated heterocycles. The molecule has 1 unspecified atom stereocenters. The monoisotopic (exact) mass is 279 g/mol. The lowest BCUT2D eigenvalue weighted by atomic mass is 9.87. The number of carboxylic acids is 1. The maximum Gasteiger partial charge on any atom is 0.306 e. The number of likely N-dealkylation sites (tertiary alicyclic amines) is 1. The van der Waals surface area contributed by atoms with E-state index in [1.54, 1.807) is 11.8 Å². The molecule has 0 spiro atoms. The molecule has 1 amide bonds. The van der Waals surface area contributed by atoms with E-state index in [9.17, 15) is 9.59 Å². The molecular weight excluding hydrogens is 258 g/mol. The van der Waals surface area contributed by atoms with Crippen molar-refractivity contribution in [3.05, 3.63) is 17.5 Å². The zero-order valence-electron chi connectivity index (χ0n) is 12.2. The van der Waals surface area contributed by atoms with Crippen LogP contribution in [0.25, 0.3) is 0 Å². The summed E-state index contributed by atoms with van der Waals surface area (Å²) < 4.78 is 1.84. The average Bonchev–Trinajstić information content (AvgIpc) is 2.63. The quantitative estimate of drug-likeness (QED) is 0.874. The van der Waals surface area contributed by atoms with Crippen molar-refractivity contribution in [2.45, 2.75) is 33.7 Å². The number of aliphatic carboxylic acids is 1. The number of carboxylic acid groups (broad SMARTS) is 1. The molecule has 6 heteroatoms. The Morgan fingerprint density at radius 2 is 2.10 bits per heavy atom. The lowest BCUT2D eigenvalue weighted by molar-refractivity contribution is -0.150. The topological polar surface area (TPSA) is 75.4 Å². The minimum atomic E-state index is -0.787. The number of hydrogen-bond acceptors (Lipinski definition) is 3. The summed E-state index contributed by atoms with van der Waals surface area (Å²) in [6.45, 7) is 7.29. The van der Waals surface area contributed by atoms with Gasteiger partial charge in [-0.2, -0.15) is 5.10 Å². The highest BCUT2D eigenvalue weighted by molar-refractivity contribution is 5.77.